The second-order valence-electron chi connectivity index (χ2n) is 9.11. The Morgan fingerprint density at radius 1 is 0.794 bits per heavy atom. The van der Waals surface area contributed by atoms with Gasteiger partial charge >= 0.3 is 0 Å². The molecule has 2 aliphatic heterocycles. The number of hydrogen-bond donors (Lipinski definition) is 1. The lowest BCUT2D eigenvalue weighted by Gasteiger charge is -2.37. The normalized spacial score (nSPS) is 18.0. The first-order valence-corrected chi connectivity index (χ1v) is 11.6. The molecule has 4 aromatic carbocycles. The molecule has 0 bridgehead atoms. The molecule has 1 spiro atoms. The van der Waals surface area contributed by atoms with Gasteiger partial charge in [-0.25, -0.2) is 0 Å². The Balaban J connectivity index is 1.63. The zero-order valence-corrected chi connectivity index (χ0v) is 18.8. The predicted molar refractivity (Wildman–Crippen MR) is 137 cm³/mol. The number of hydrogen-bond acceptors (Lipinski definition) is 2. The fourth-order valence-corrected chi connectivity index (χ4v) is 5.88. The van der Waals surface area contributed by atoms with Crippen LogP contribution in [0.1, 0.15) is 16.7 Å². The second kappa shape index (κ2) is 6.84. The van der Waals surface area contributed by atoms with E-state index in [1.54, 1.807) is 4.90 Å². The van der Waals surface area contributed by atoms with Gasteiger partial charge < -0.3 is 14.8 Å². The predicted octanol–water partition coefficient (Wildman–Crippen LogP) is 6.00. The SMILES string of the molecule is CN1C(=O)C2(Nc3ccccc3-c3c2c2ccccc2n3Cc2ccccc2)c2ccccc21. The number of likely N-dealkylation sites (N-methyl/N-ethyl adjacent to an activating group) is 1. The molecule has 0 saturated carbocycles. The number of anilines is 2. The highest BCUT2D eigenvalue weighted by Crippen LogP contribution is 2.55. The molecule has 1 amide bonds. The van der Waals surface area contributed by atoms with Crippen molar-refractivity contribution in [1.82, 2.24) is 4.57 Å². The molecule has 164 valence electrons. The van der Waals surface area contributed by atoms with Crippen LogP contribution in [0.5, 0.6) is 0 Å². The Kier molecular flexibility index (Phi) is 3.86. The first-order valence-electron chi connectivity index (χ1n) is 11.6. The summed E-state index contributed by atoms with van der Waals surface area (Å²) in [5.74, 6) is 0.0482. The zero-order valence-electron chi connectivity index (χ0n) is 18.8. The summed E-state index contributed by atoms with van der Waals surface area (Å²) in [5, 5.41) is 4.84. The van der Waals surface area contributed by atoms with Crippen LogP contribution in [0.2, 0.25) is 0 Å². The van der Waals surface area contributed by atoms with Gasteiger partial charge in [0, 0.05) is 52.6 Å². The van der Waals surface area contributed by atoms with Crippen molar-refractivity contribution >= 4 is 28.2 Å². The van der Waals surface area contributed by atoms with E-state index < -0.39 is 5.54 Å². The Labute approximate surface area is 198 Å². The largest absolute Gasteiger partial charge is 0.363 e. The molecule has 2 aliphatic rings. The van der Waals surface area contributed by atoms with Crippen LogP contribution < -0.4 is 10.2 Å². The van der Waals surface area contributed by atoms with Crippen molar-refractivity contribution in [2.24, 2.45) is 0 Å². The molecule has 5 aromatic rings. The molecule has 1 aromatic heterocycles. The molecule has 0 aliphatic carbocycles. The minimum Gasteiger partial charge on any atom is -0.363 e. The van der Waals surface area contributed by atoms with Gasteiger partial charge in [0.15, 0.2) is 5.54 Å². The van der Waals surface area contributed by atoms with Crippen molar-refractivity contribution in [2.75, 3.05) is 17.3 Å². The summed E-state index contributed by atoms with van der Waals surface area (Å²) in [4.78, 5) is 16.0. The van der Waals surface area contributed by atoms with Gasteiger partial charge in [0.25, 0.3) is 5.91 Å². The highest BCUT2D eigenvalue weighted by molar-refractivity contribution is 6.17. The number of nitrogens with zero attached hydrogens (tertiary/aromatic N) is 2. The van der Waals surface area contributed by atoms with Gasteiger partial charge in [-0.15, -0.1) is 0 Å². The highest BCUT2D eigenvalue weighted by atomic mass is 16.2. The molecule has 1 unspecified atom stereocenters. The van der Waals surface area contributed by atoms with Gasteiger partial charge in [0.1, 0.15) is 0 Å². The third kappa shape index (κ3) is 2.35. The maximum absolute atomic E-state index is 14.2. The number of benzene rings is 4. The molecular weight excluding hydrogens is 418 g/mol. The van der Waals surface area contributed by atoms with E-state index in [1.165, 1.54) is 5.56 Å². The van der Waals surface area contributed by atoms with E-state index in [0.29, 0.717) is 0 Å². The summed E-state index contributed by atoms with van der Waals surface area (Å²) in [5.41, 5.74) is 7.58. The Hall–Kier alpha value is -4.31. The molecule has 3 heterocycles. The summed E-state index contributed by atoms with van der Waals surface area (Å²) < 4.78 is 2.38. The minimum atomic E-state index is -0.976. The molecule has 1 N–H and O–H groups in total. The van der Waals surface area contributed by atoms with Crippen LogP contribution >= 0.6 is 0 Å². The number of fused-ring (bicyclic) bond motifs is 8. The number of nitrogens with one attached hydrogen (secondary N) is 1. The van der Waals surface area contributed by atoms with E-state index in [4.69, 9.17) is 0 Å². The fourth-order valence-electron chi connectivity index (χ4n) is 5.88. The molecule has 0 saturated heterocycles. The first kappa shape index (κ1) is 19.2. The quantitative estimate of drug-likeness (QED) is 0.365. The van der Waals surface area contributed by atoms with Crippen LogP contribution in [0.3, 0.4) is 0 Å². The summed E-state index contributed by atoms with van der Waals surface area (Å²) in [7, 11) is 1.88. The van der Waals surface area contributed by atoms with E-state index in [1.807, 2.05) is 37.4 Å². The molecular formula is C30H23N3O. The highest BCUT2D eigenvalue weighted by Gasteiger charge is 2.56. The monoisotopic (exact) mass is 441 g/mol. The fraction of sp³-hybridized carbons (Fsp3) is 0.100. The van der Waals surface area contributed by atoms with E-state index in [9.17, 15) is 4.79 Å². The first-order chi connectivity index (χ1) is 16.7. The molecule has 0 fully saturated rings. The Morgan fingerprint density at radius 2 is 1.50 bits per heavy atom. The summed E-state index contributed by atoms with van der Waals surface area (Å²) >= 11 is 0. The van der Waals surface area contributed by atoms with Crippen molar-refractivity contribution in [3.63, 3.8) is 0 Å². The Bertz CT molecular complexity index is 1600. The molecule has 1 atom stereocenters. The van der Waals surface area contributed by atoms with Gasteiger partial charge in [0.05, 0.1) is 5.69 Å². The van der Waals surface area contributed by atoms with Crippen molar-refractivity contribution in [1.29, 1.82) is 0 Å². The van der Waals surface area contributed by atoms with E-state index in [2.05, 4.69) is 82.7 Å². The maximum atomic E-state index is 14.2. The van der Waals surface area contributed by atoms with Crippen molar-refractivity contribution in [3.8, 4) is 11.3 Å². The van der Waals surface area contributed by atoms with Crippen LogP contribution in [0, 0.1) is 0 Å². The summed E-state index contributed by atoms with van der Waals surface area (Å²) in [6, 6.07) is 35.5. The van der Waals surface area contributed by atoms with Gasteiger partial charge in [-0.1, -0.05) is 84.9 Å². The average molecular weight is 442 g/mol. The zero-order chi connectivity index (χ0) is 22.9. The number of para-hydroxylation sites is 3. The number of aromatic nitrogens is 1. The lowest BCUT2D eigenvalue weighted by molar-refractivity contribution is -0.120. The van der Waals surface area contributed by atoms with Gasteiger partial charge in [0.2, 0.25) is 0 Å². The topological polar surface area (TPSA) is 37.3 Å². The number of amides is 1. The lowest BCUT2D eigenvalue weighted by Crippen LogP contribution is -2.47. The third-order valence-electron chi connectivity index (χ3n) is 7.33. The van der Waals surface area contributed by atoms with E-state index >= 15 is 0 Å². The summed E-state index contributed by atoms with van der Waals surface area (Å²) in [6.45, 7) is 0.729. The molecule has 34 heavy (non-hydrogen) atoms. The van der Waals surface area contributed by atoms with Gasteiger partial charge in [-0.05, 0) is 23.8 Å². The minimum absolute atomic E-state index is 0.0482. The Morgan fingerprint density at radius 3 is 2.38 bits per heavy atom. The average Bonchev–Trinajstić information content (AvgIpc) is 3.32. The second-order valence-corrected chi connectivity index (χ2v) is 9.11. The number of carbonyl (C=O) groups excluding carboxylic acids is 1. The van der Waals surface area contributed by atoms with Gasteiger partial charge in [-0.3, -0.25) is 4.79 Å². The molecule has 4 heteroatoms. The van der Waals surface area contributed by atoms with E-state index in [0.717, 1.165) is 51.2 Å². The van der Waals surface area contributed by atoms with Crippen LogP contribution in [0.15, 0.2) is 103 Å². The van der Waals surface area contributed by atoms with E-state index in [-0.39, 0.29) is 5.91 Å². The molecule has 0 radical (unpaired) electrons. The van der Waals surface area contributed by atoms with Crippen LogP contribution in [-0.2, 0) is 16.9 Å². The number of carbonyl (C=O) groups is 1. The smallest absolute Gasteiger partial charge is 0.261 e. The van der Waals surface area contributed by atoms with Crippen LogP contribution in [-0.4, -0.2) is 17.5 Å². The van der Waals surface area contributed by atoms with Crippen molar-refractivity contribution in [2.45, 2.75) is 12.1 Å². The van der Waals surface area contributed by atoms with Crippen LogP contribution in [0.4, 0.5) is 11.4 Å². The molecule has 4 nitrogen and oxygen atoms in total. The lowest BCUT2D eigenvalue weighted by atomic mass is 9.78. The standard InChI is InChI=1S/C30H23N3O/c1-32-26-18-10-7-15-23(26)30(29(32)34)27-22-14-6-9-17-25(22)33(19-20-11-3-2-4-12-20)28(27)21-13-5-8-16-24(21)31-30/h2-18,31H,19H2,1H3. The van der Waals surface area contributed by atoms with Crippen LogP contribution in [0.25, 0.3) is 22.2 Å². The third-order valence-corrected chi connectivity index (χ3v) is 7.33. The molecule has 7 rings (SSSR count). The summed E-state index contributed by atoms with van der Waals surface area (Å²) in [6.07, 6.45) is 0. The maximum Gasteiger partial charge on any atom is 0.261 e. The number of rotatable bonds is 2. The van der Waals surface area contributed by atoms with Crippen molar-refractivity contribution in [3.05, 3.63) is 120 Å². The van der Waals surface area contributed by atoms with Crippen molar-refractivity contribution < 1.29 is 4.79 Å². The van der Waals surface area contributed by atoms with Gasteiger partial charge in [-0.2, -0.15) is 0 Å².